The monoisotopic (exact) mass is 481 g/mol. The molecular formula is C19H40IN5O. The van der Waals surface area contributed by atoms with Gasteiger partial charge in [0.25, 0.3) is 0 Å². The third-order valence-electron chi connectivity index (χ3n) is 4.75. The molecule has 154 valence electrons. The average molecular weight is 481 g/mol. The van der Waals surface area contributed by atoms with Crippen LogP contribution in [0.2, 0.25) is 0 Å². The van der Waals surface area contributed by atoms with E-state index in [1.165, 1.54) is 0 Å². The van der Waals surface area contributed by atoms with Gasteiger partial charge in [-0.2, -0.15) is 0 Å². The summed E-state index contributed by atoms with van der Waals surface area (Å²) in [5.74, 6) is 1.20. The largest absolute Gasteiger partial charge is 0.357 e. The highest BCUT2D eigenvalue weighted by Crippen LogP contribution is 2.12. The maximum absolute atomic E-state index is 12.1. The standard InChI is InChI=1S/C19H39N5O.HI/c1-7-20-19(21-11-8-9-12-23(6)16(4)5)22-17-10-13-24(14-17)18(25)15(2)3;/h15-17H,7-14H2,1-6H3,(H2,20,21,22);1H. The van der Waals surface area contributed by atoms with Crippen LogP contribution >= 0.6 is 24.0 Å². The second-order valence-electron chi connectivity index (χ2n) is 7.61. The van der Waals surface area contributed by atoms with E-state index in [4.69, 9.17) is 4.99 Å². The summed E-state index contributed by atoms with van der Waals surface area (Å²) in [6.45, 7) is 14.9. The maximum atomic E-state index is 12.1. The van der Waals surface area contributed by atoms with Crippen LogP contribution in [0.15, 0.2) is 4.99 Å². The van der Waals surface area contributed by atoms with Gasteiger partial charge >= 0.3 is 0 Å². The van der Waals surface area contributed by atoms with Gasteiger partial charge in [0, 0.05) is 44.2 Å². The molecular weight excluding hydrogens is 441 g/mol. The number of carbonyl (C=O) groups is 1. The predicted octanol–water partition coefficient (Wildman–Crippen LogP) is 2.54. The Kier molecular flexibility index (Phi) is 13.3. The molecule has 1 aliphatic rings. The SMILES string of the molecule is CCNC(=NCCCCN(C)C(C)C)NC1CCN(C(=O)C(C)C)C1.I. The van der Waals surface area contributed by atoms with Gasteiger partial charge in [0.05, 0.1) is 0 Å². The topological polar surface area (TPSA) is 60.0 Å². The van der Waals surface area contributed by atoms with Crippen molar-refractivity contribution in [1.82, 2.24) is 20.4 Å². The molecule has 1 saturated heterocycles. The molecule has 7 heteroatoms. The molecule has 1 rings (SSSR count). The molecule has 0 aromatic rings. The van der Waals surface area contributed by atoms with Crippen LogP contribution in [0.1, 0.15) is 53.9 Å². The fourth-order valence-electron chi connectivity index (χ4n) is 2.88. The lowest BCUT2D eigenvalue weighted by Crippen LogP contribution is -2.45. The van der Waals surface area contributed by atoms with Crippen molar-refractivity contribution in [2.24, 2.45) is 10.9 Å². The van der Waals surface area contributed by atoms with Crippen LogP contribution in [0, 0.1) is 5.92 Å². The fraction of sp³-hybridized carbons (Fsp3) is 0.895. The van der Waals surface area contributed by atoms with E-state index >= 15 is 0 Å². The number of nitrogens with zero attached hydrogens (tertiary/aromatic N) is 3. The highest BCUT2D eigenvalue weighted by molar-refractivity contribution is 14.0. The van der Waals surface area contributed by atoms with E-state index in [-0.39, 0.29) is 35.8 Å². The average Bonchev–Trinajstić information content (AvgIpc) is 3.01. The second kappa shape index (κ2) is 13.6. The molecule has 1 unspecified atom stereocenters. The van der Waals surface area contributed by atoms with Crippen LogP contribution < -0.4 is 10.6 Å². The molecule has 26 heavy (non-hydrogen) atoms. The molecule has 1 atom stereocenters. The highest BCUT2D eigenvalue weighted by atomic mass is 127. The highest BCUT2D eigenvalue weighted by Gasteiger charge is 2.27. The van der Waals surface area contributed by atoms with Crippen LogP contribution in [-0.2, 0) is 4.79 Å². The Balaban J connectivity index is 0.00000625. The molecule has 0 spiro atoms. The van der Waals surface area contributed by atoms with Crippen molar-refractivity contribution >= 4 is 35.8 Å². The van der Waals surface area contributed by atoms with Crippen LogP contribution in [0.25, 0.3) is 0 Å². The minimum atomic E-state index is 0. The Morgan fingerprint density at radius 2 is 1.96 bits per heavy atom. The molecule has 1 fully saturated rings. The summed E-state index contributed by atoms with van der Waals surface area (Å²) >= 11 is 0. The first-order chi connectivity index (χ1) is 11.8. The lowest BCUT2D eigenvalue weighted by Gasteiger charge is -2.21. The number of likely N-dealkylation sites (tertiary alicyclic amines) is 1. The third-order valence-corrected chi connectivity index (χ3v) is 4.75. The quantitative estimate of drug-likeness (QED) is 0.230. The molecule has 0 saturated carbocycles. The summed E-state index contributed by atoms with van der Waals surface area (Å²) in [6, 6.07) is 0.897. The normalized spacial score (nSPS) is 17.8. The number of hydrogen-bond acceptors (Lipinski definition) is 3. The van der Waals surface area contributed by atoms with E-state index in [9.17, 15) is 4.79 Å². The molecule has 0 aromatic carbocycles. The van der Waals surface area contributed by atoms with Gasteiger partial charge in [0.15, 0.2) is 5.96 Å². The number of carbonyl (C=O) groups excluding carboxylic acids is 1. The van der Waals surface area contributed by atoms with E-state index in [1.807, 2.05) is 18.7 Å². The van der Waals surface area contributed by atoms with Gasteiger partial charge in [0.1, 0.15) is 0 Å². The minimum Gasteiger partial charge on any atom is -0.357 e. The van der Waals surface area contributed by atoms with Crippen LogP contribution in [0.5, 0.6) is 0 Å². The zero-order valence-corrected chi connectivity index (χ0v) is 19.9. The number of amides is 1. The van der Waals surface area contributed by atoms with Gasteiger partial charge in [-0.1, -0.05) is 13.8 Å². The van der Waals surface area contributed by atoms with Crippen molar-refractivity contribution < 1.29 is 4.79 Å². The molecule has 0 aromatic heterocycles. The van der Waals surface area contributed by atoms with Crippen molar-refractivity contribution in [3.8, 4) is 0 Å². The lowest BCUT2D eigenvalue weighted by atomic mass is 10.2. The number of nitrogens with one attached hydrogen (secondary N) is 2. The summed E-state index contributed by atoms with van der Waals surface area (Å²) < 4.78 is 0. The maximum Gasteiger partial charge on any atom is 0.225 e. The van der Waals surface area contributed by atoms with Crippen molar-refractivity contribution in [2.45, 2.75) is 66.0 Å². The zero-order chi connectivity index (χ0) is 18.8. The van der Waals surface area contributed by atoms with Gasteiger partial charge in [-0.25, -0.2) is 0 Å². The molecule has 0 aliphatic carbocycles. The number of aliphatic imine (C=N–C) groups is 1. The van der Waals surface area contributed by atoms with Gasteiger partial charge in [-0.3, -0.25) is 9.79 Å². The van der Waals surface area contributed by atoms with Crippen LogP contribution in [0.3, 0.4) is 0 Å². The number of unbranched alkanes of at least 4 members (excludes halogenated alkanes) is 1. The third kappa shape index (κ3) is 9.39. The first-order valence-corrected chi connectivity index (χ1v) is 9.89. The Morgan fingerprint density at radius 3 is 2.54 bits per heavy atom. The van der Waals surface area contributed by atoms with Gasteiger partial charge < -0.3 is 20.4 Å². The van der Waals surface area contributed by atoms with Crippen LogP contribution in [0.4, 0.5) is 0 Å². The molecule has 2 N–H and O–H groups in total. The second-order valence-corrected chi connectivity index (χ2v) is 7.61. The van der Waals surface area contributed by atoms with Crippen molar-refractivity contribution in [3.63, 3.8) is 0 Å². The molecule has 6 nitrogen and oxygen atoms in total. The summed E-state index contributed by atoms with van der Waals surface area (Å²) in [5, 5.41) is 6.81. The Labute approximate surface area is 177 Å². The Morgan fingerprint density at radius 1 is 1.27 bits per heavy atom. The van der Waals surface area contributed by atoms with Gasteiger partial charge in [0.2, 0.25) is 5.91 Å². The Bertz CT molecular complexity index is 428. The number of guanidine groups is 1. The van der Waals surface area contributed by atoms with Gasteiger partial charge in [-0.15, -0.1) is 24.0 Å². The first kappa shape index (κ1) is 25.4. The summed E-state index contributed by atoms with van der Waals surface area (Å²) in [6.07, 6.45) is 3.25. The fourth-order valence-corrected chi connectivity index (χ4v) is 2.88. The van der Waals surface area contributed by atoms with E-state index in [2.05, 4.69) is 43.4 Å². The molecule has 1 heterocycles. The van der Waals surface area contributed by atoms with E-state index < -0.39 is 0 Å². The zero-order valence-electron chi connectivity index (χ0n) is 17.5. The van der Waals surface area contributed by atoms with Crippen molar-refractivity contribution in [2.75, 3.05) is 39.8 Å². The van der Waals surface area contributed by atoms with Gasteiger partial charge in [-0.05, 0) is 53.6 Å². The molecule has 1 aliphatic heterocycles. The van der Waals surface area contributed by atoms with E-state index in [0.717, 1.165) is 57.9 Å². The van der Waals surface area contributed by atoms with Crippen molar-refractivity contribution in [3.05, 3.63) is 0 Å². The minimum absolute atomic E-state index is 0. The van der Waals surface area contributed by atoms with E-state index in [1.54, 1.807) is 0 Å². The Hall–Kier alpha value is -0.570. The smallest absolute Gasteiger partial charge is 0.225 e. The number of rotatable bonds is 9. The summed E-state index contributed by atoms with van der Waals surface area (Å²) in [4.78, 5) is 21.1. The first-order valence-electron chi connectivity index (χ1n) is 9.89. The lowest BCUT2D eigenvalue weighted by molar-refractivity contribution is -0.133. The van der Waals surface area contributed by atoms with Crippen molar-refractivity contribution in [1.29, 1.82) is 0 Å². The molecule has 1 amide bonds. The summed E-state index contributed by atoms with van der Waals surface area (Å²) in [7, 11) is 2.17. The molecule has 0 radical (unpaired) electrons. The van der Waals surface area contributed by atoms with E-state index in [0.29, 0.717) is 12.1 Å². The molecule has 0 bridgehead atoms. The number of halogens is 1. The summed E-state index contributed by atoms with van der Waals surface area (Å²) in [5.41, 5.74) is 0. The predicted molar refractivity (Wildman–Crippen MR) is 121 cm³/mol. The van der Waals surface area contributed by atoms with Crippen LogP contribution in [-0.4, -0.2) is 73.5 Å². The number of hydrogen-bond donors (Lipinski definition) is 2.